The van der Waals surface area contributed by atoms with Gasteiger partial charge in [-0.2, -0.15) is 0 Å². The summed E-state index contributed by atoms with van der Waals surface area (Å²) in [6, 6.07) is 10.1. The molecule has 0 saturated carbocycles. The summed E-state index contributed by atoms with van der Waals surface area (Å²) in [6.07, 6.45) is 0. The summed E-state index contributed by atoms with van der Waals surface area (Å²) in [5.74, 6) is 0. The van der Waals surface area contributed by atoms with Gasteiger partial charge in [0.2, 0.25) is 0 Å². The molecule has 0 atom stereocenters. The quantitative estimate of drug-likeness (QED) is 0.546. The highest BCUT2D eigenvalue weighted by atomic mass is 35.5. The van der Waals surface area contributed by atoms with Gasteiger partial charge in [0.1, 0.15) is 0 Å². The van der Waals surface area contributed by atoms with E-state index < -0.39 is 29.4 Å². The Hall–Kier alpha value is 0.378. The van der Waals surface area contributed by atoms with E-state index in [1.807, 2.05) is 0 Å². The molecule has 0 aliphatic heterocycles. The van der Waals surface area contributed by atoms with Crippen LogP contribution >= 0.6 is 11.6 Å². The average molecular weight is 373 g/mol. The van der Waals surface area contributed by atoms with Gasteiger partial charge in [-0.15, -0.1) is 0 Å². The lowest BCUT2D eigenvalue weighted by Crippen LogP contribution is -2.84. The molecule has 0 unspecified atom stereocenters. The average Bonchev–Trinajstić information content (AvgIpc) is 2.22. The molecule has 1 aromatic carbocycles. The Bertz CT molecular complexity index is 439. The van der Waals surface area contributed by atoms with Crippen molar-refractivity contribution in [1.29, 1.82) is 0 Å². The van der Waals surface area contributed by atoms with Gasteiger partial charge in [-0.1, -0.05) is 88.2 Å². The van der Waals surface area contributed by atoms with Crippen molar-refractivity contribution in [3.63, 3.8) is 0 Å². The molecule has 0 aromatic heterocycles. The van der Waals surface area contributed by atoms with Gasteiger partial charge in [-0.3, -0.25) is 0 Å². The van der Waals surface area contributed by atoms with Crippen LogP contribution in [0.4, 0.5) is 0 Å². The zero-order valence-corrected chi connectivity index (χ0v) is 20.2. The molecule has 0 bridgehead atoms. The van der Waals surface area contributed by atoms with E-state index in [0.29, 0.717) is 0 Å². The highest BCUT2D eigenvalue weighted by molar-refractivity contribution is 7.89. The van der Waals surface area contributed by atoms with Gasteiger partial charge in [-0.05, 0) is 18.2 Å². The Labute approximate surface area is 140 Å². The Morgan fingerprint density at radius 1 is 0.667 bits per heavy atom. The minimum atomic E-state index is -1.28. The fourth-order valence-corrected chi connectivity index (χ4v) is 102. The first kappa shape index (κ1) is 19.4. The largest absolute Gasteiger partial charge is 0.0843 e. The molecule has 0 spiro atoms. The second kappa shape index (κ2) is 6.11. The van der Waals surface area contributed by atoms with Crippen LogP contribution in [0.1, 0.15) is 5.56 Å². The van der Waals surface area contributed by atoms with E-state index in [9.17, 15) is 0 Å². The van der Waals surface area contributed by atoms with Crippen molar-refractivity contribution in [1.82, 2.24) is 0 Å². The van der Waals surface area contributed by atoms with Crippen LogP contribution in [0.2, 0.25) is 63.9 Å². The standard InChI is InChI=1S/C16H33ClSi4/c1-18(2,3)21(19(4,5)6,20(7,8)9)14-15-10-12-16(17)13-11-15/h10-13H,14H2,1-9H3. The number of hydrogen-bond donors (Lipinski definition) is 0. The van der Waals surface area contributed by atoms with Crippen LogP contribution in [-0.4, -0.2) is 29.4 Å². The van der Waals surface area contributed by atoms with E-state index in [4.69, 9.17) is 11.6 Å². The third-order valence-electron chi connectivity index (χ3n) is 5.22. The van der Waals surface area contributed by atoms with Crippen LogP contribution in [0, 0.1) is 0 Å². The Balaban J connectivity index is 3.47. The van der Waals surface area contributed by atoms with Crippen molar-refractivity contribution in [2.24, 2.45) is 0 Å². The fraction of sp³-hybridized carbons (Fsp3) is 0.625. The summed E-state index contributed by atoms with van der Waals surface area (Å²) in [7, 11) is -3.52. The molecular weight excluding hydrogens is 340 g/mol. The van der Waals surface area contributed by atoms with Crippen molar-refractivity contribution in [3.8, 4) is 0 Å². The van der Waals surface area contributed by atoms with E-state index in [-0.39, 0.29) is 0 Å². The summed E-state index contributed by atoms with van der Waals surface area (Å²) in [4.78, 5) is 0. The number of halogens is 1. The first-order chi connectivity index (χ1) is 9.22. The summed E-state index contributed by atoms with van der Waals surface area (Å²) < 4.78 is 0. The third kappa shape index (κ3) is 3.83. The van der Waals surface area contributed by atoms with Crippen molar-refractivity contribution >= 4 is 41.0 Å². The molecule has 0 fully saturated rings. The predicted octanol–water partition coefficient (Wildman–Crippen LogP) is 6.12. The van der Waals surface area contributed by atoms with Crippen LogP contribution in [0.3, 0.4) is 0 Å². The van der Waals surface area contributed by atoms with Crippen LogP contribution in [0.15, 0.2) is 24.3 Å². The molecule has 0 N–H and O–H groups in total. The van der Waals surface area contributed by atoms with Gasteiger partial charge in [0.15, 0.2) is 0 Å². The Morgan fingerprint density at radius 3 is 1.29 bits per heavy atom. The lowest BCUT2D eigenvalue weighted by atomic mass is 10.2. The van der Waals surface area contributed by atoms with Crippen molar-refractivity contribution < 1.29 is 0 Å². The van der Waals surface area contributed by atoms with E-state index in [1.165, 1.54) is 6.04 Å². The molecule has 21 heavy (non-hydrogen) atoms. The summed E-state index contributed by atoms with van der Waals surface area (Å²) in [6.45, 7) is 22.6. The number of benzene rings is 1. The normalized spacial score (nSPS) is 14.4. The van der Waals surface area contributed by atoms with E-state index in [2.05, 4.69) is 83.2 Å². The van der Waals surface area contributed by atoms with Crippen molar-refractivity contribution in [2.45, 2.75) is 65.0 Å². The number of hydrogen-bond acceptors (Lipinski definition) is 0. The minimum Gasteiger partial charge on any atom is -0.0843 e. The molecule has 0 saturated heterocycles. The fourth-order valence-electron chi connectivity index (χ4n) is 5.08. The molecule has 5 heteroatoms. The van der Waals surface area contributed by atoms with E-state index in [0.717, 1.165) is 5.02 Å². The van der Waals surface area contributed by atoms with Gasteiger partial charge in [0.25, 0.3) is 0 Å². The molecule has 0 aliphatic carbocycles. The smallest absolute Gasteiger partial charge is 0.0420 e. The Kier molecular flexibility index (Phi) is 5.65. The Morgan fingerprint density at radius 2 is 1.00 bits per heavy atom. The molecule has 0 nitrogen and oxygen atoms in total. The van der Waals surface area contributed by atoms with Gasteiger partial charge < -0.3 is 0 Å². The van der Waals surface area contributed by atoms with Gasteiger partial charge in [0.05, 0.1) is 0 Å². The second-order valence-electron chi connectivity index (χ2n) is 9.46. The molecule has 1 aromatic rings. The zero-order valence-electron chi connectivity index (χ0n) is 15.4. The van der Waals surface area contributed by atoms with Crippen molar-refractivity contribution in [3.05, 3.63) is 34.9 Å². The topological polar surface area (TPSA) is 0 Å². The lowest BCUT2D eigenvalue weighted by Gasteiger charge is -2.57. The summed E-state index contributed by atoms with van der Waals surface area (Å²) in [5, 5.41) is 0.861. The summed E-state index contributed by atoms with van der Waals surface area (Å²) >= 11 is 6.09. The number of rotatable bonds is 5. The second-order valence-corrected chi connectivity index (χ2v) is 51.2. The maximum Gasteiger partial charge on any atom is 0.0420 e. The van der Waals surface area contributed by atoms with E-state index in [1.54, 1.807) is 5.56 Å². The molecule has 0 amide bonds. The maximum atomic E-state index is 6.09. The molecule has 1 rings (SSSR count). The first-order valence-electron chi connectivity index (χ1n) is 7.97. The molecule has 0 radical (unpaired) electrons. The van der Waals surface area contributed by atoms with Crippen LogP contribution in [0.5, 0.6) is 0 Å². The maximum absolute atomic E-state index is 6.09. The molecular formula is C16H33ClSi4. The monoisotopic (exact) mass is 372 g/mol. The zero-order chi connectivity index (χ0) is 16.7. The lowest BCUT2D eigenvalue weighted by molar-refractivity contribution is 1.36. The van der Waals surface area contributed by atoms with Crippen LogP contribution in [0.25, 0.3) is 0 Å². The van der Waals surface area contributed by atoms with Gasteiger partial charge in [0, 0.05) is 34.4 Å². The minimum absolute atomic E-state index is 0.861. The highest BCUT2D eigenvalue weighted by Crippen LogP contribution is 2.39. The van der Waals surface area contributed by atoms with E-state index >= 15 is 0 Å². The van der Waals surface area contributed by atoms with Crippen molar-refractivity contribution in [2.75, 3.05) is 0 Å². The SMILES string of the molecule is C[Si](C)(C)[Si](Cc1ccc(Cl)cc1)([Si](C)(C)C)[Si](C)(C)C. The van der Waals surface area contributed by atoms with Crippen LogP contribution in [-0.2, 0) is 6.04 Å². The van der Waals surface area contributed by atoms with Crippen LogP contribution < -0.4 is 0 Å². The van der Waals surface area contributed by atoms with Gasteiger partial charge >= 0.3 is 0 Å². The predicted molar refractivity (Wildman–Crippen MR) is 111 cm³/mol. The molecule has 0 heterocycles. The van der Waals surface area contributed by atoms with Gasteiger partial charge in [-0.25, -0.2) is 0 Å². The molecule has 120 valence electrons. The third-order valence-corrected chi connectivity index (χ3v) is 79.2. The highest BCUT2D eigenvalue weighted by Gasteiger charge is 2.60. The summed E-state index contributed by atoms with van der Waals surface area (Å²) in [5.41, 5.74) is 1.54. The molecule has 0 aliphatic rings. The first-order valence-corrected chi connectivity index (χ1v) is 24.1.